The molecule has 0 saturated carbocycles. The highest BCUT2D eigenvalue weighted by Gasteiger charge is 1.97. The van der Waals surface area contributed by atoms with Crippen LogP contribution in [0, 0.1) is 0 Å². The van der Waals surface area contributed by atoms with E-state index >= 15 is 0 Å². The number of nitrogens with one attached hydrogen (secondary N) is 1. The van der Waals surface area contributed by atoms with Gasteiger partial charge in [-0.25, -0.2) is 0 Å². The third-order valence-corrected chi connectivity index (χ3v) is 1.45. The molecule has 2 heteroatoms. The zero-order valence-corrected chi connectivity index (χ0v) is 6.63. The fourth-order valence-corrected chi connectivity index (χ4v) is 0.872. The first-order valence-corrected chi connectivity index (χ1v) is 3.84. The number of benzene rings is 1. The summed E-state index contributed by atoms with van der Waals surface area (Å²) in [6, 6.07) is 6.98. The summed E-state index contributed by atoms with van der Waals surface area (Å²) in [5, 5.41) is 14.1. The summed E-state index contributed by atoms with van der Waals surface area (Å²) in [6.07, 6.45) is 1.04. The molecular weight excluding hydrogens is 138 g/mol. The minimum Gasteiger partial charge on any atom is -0.382 e. The summed E-state index contributed by atoms with van der Waals surface area (Å²) in [5.74, 6) is 0.0703. The zero-order chi connectivity index (χ0) is 8.10. The third-order valence-electron chi connectivity index (χ3n) is 1.45. The molecule has 0 aromatic heterocycles. The molecule has 0 aliphatic carbocycles. The van der Waals surface area contributed by atoms with E-state index in [-0.39, 0.29) is 5.75 Å². The normalized spacial score (nSPS) is 9.55. The molecule has 0 atom stereocenters. The van der Waals surface area contributed by atoms with E-state index in [1.54, 1.807) is 18.2 Å². The van der Waals surface area contributed by atoms with Crippen LogP contribution in [0.5, 0.6) is 5.75 Å². The smallest absolute Gasteiger partial charge is 0.201 e. The van der Waals surface area contributed by atoms with Crippen LogP contribution < -0.4 is 5.32 Å². The van der Waals surface area contributed by atoms with Gasteiger partial charge in [-0.05, 0) is 18.6 Å². The Bertz CT molecular complexity index is 223. The molecule has 1 aromatic carbocycles. The van der Waals surface area contributed by atoms with Crippen molar-refractivity contribution < 1.29 is 5.11 Å². The van der Waals surface area contributed by atoms with Gasteiger partial charge >= 0.3 is 0 Å². The predicted octanol–water partition coefficient (Wildman–Crippen LogP) is 2.65. The van der Waals surface area contributed by atoms with Crippen LogP contribution in [0.3, 0.4) is 0 Å². The lowest BCUT2D eigenvalue weighted by Gasteiger charge is -2.03. The molecular formula is C9H12NO. The molecule has 1 aromatic rings. The van der Waals surface area contributed by atoms with E-state index in [4.69, 9.17) is 0 Å². The highest BCUT2D eigenvalue weighted by molar-refractivity contribution is 5.54. The van der Waals surface area contributed by atoms with Gasteiger partial charge in [0.2, 0.25) is 5.75 Å². The first kappa shape index (κ1) is 7.92. The molecule has 0 unspecified atom stereocenters. The standard InChI is InChI=1S/C9H12NO/c1-2-7-10-8-5-3-4-6-9(8)11/h3-6,10H,2,7H2,1H3. The zero-order valence-electron chi connectivity index (χ0n) is 6.63. The monoisotopic (exact) mass is 150 g/mol. The molecule has 1 radical (unpaired) electrons. The molecule has 11 heavy (non-hydrogen) atoms. The molecule has 0 fully saturated rings. The molecule has 0 saturated heterocycles. The second kappa shape index (κ2) is 3.86. The van der Waals surface area contributed by atoms with Gasteiger partial charge < -0.3 is 5.32 Å². The highest BCUT2D eigenvalue weighted by Crippen LogP contribution is 2.21. The van der Waals surface area contributed by atoms with Gasteiger partial charge in [-0.3, -0.25) is 5.11 Å². The molecule has 1 rings (SSSR count). The van der Waals surface area contributed by atoms with Gasteiger partial charge in [0.1, 0.15) is 0 Å². The topological polar surface area (TPSA) is 31.9 Å². The predicted molar refractivity (Wildman–Crippen MR) is 45.4 cm³/mol. The Morgan fingerprint density at radius 1 is 1.36 bits per heavy atom. The first-order chi connectivity index (χ1) is 5.34. The molecule has 0 heterocycles. The molecule has 0 spiro atoms. The molecule has 1 N–H and O–H groups in total. The maximum absolute atomic E-state index is 11.1. The Labute approximate surface area is 66.9 Å². The van der Waals surface area contributed by atoms with Crippen LogP contribution in [-0.2, 0) is 5.11 Å². The molecule has 0 bridgehead atoms. The van der Waals surface area contributed by atoms with Gasteiger partial charge in [-0.2, -0.15) is 0 Å². The largest absolute Gasteiger partial charge is 0.382 e. The van der Waals surface area contributed by atoms with Crippen molar-refractivity contribution in [3.8, 4) is 5.75 Å². The van der Waals surface area contributed by atoms with Crippen molar-refractivity contribution in [1.82, 2.24) is 0 Å². The van der Waals surface area contributed by atoms with Crippen LogP contribution in [0.1, 0.15) is 13.3 Å². The fourth-order valence-electron chi connectivity index (χ4n) is 0.872. The van der Waals surface area contributed by atoms with Crippen molar-refractivity contribution >= 4 is 5.69 Å². The Hall–Kier alpha value is -1.18. The van der Waals surface area contributed by atoms with E-state index in [0.717, 1.165) is 13.0 Å². The van der Waals surface area contributed by atoms with Gasteiger partial charge in [-0.1, -0.05) is 19.1 Å². The Kier molecular flexibility index (Phi) is 2.78. The van der Waals surface area contributed by atoms with Gasteiger partial charge in [0.15, 0.2) is 0 Å². The van der Waals surface area contributed by atoms with E-state index in [1.165, 1.54) is 0 Å². The second-order valence-corrected chi connectivity index (χ2v) is 2.42. The second-order valence-electron chi connectivity index (χ2n) is 2.42. The lowest BCUT2D eigenvalue weighted by molar-refractivity contribution is 0.357. The summed E-state index contributed by atoms with van der Waals surface area (Å²) in [7, 11) is 0. The van der Waals surface area contributed by atoms with Crippen LogP contribution in [-0.4, -0.2) is 6.54 Å². The number of para-hydroxylation sites is 2. The number of rotatable bonds is 3. The van der Waals surface area contributed by atoms with Crippen molar-refractivity contribution in [3.63, 3.8) is 0 Å². The van der Waals surface area contributed by atoms with Gasteiger partial charge in [0, 0.05) is 6.54 Å². The van der Waals surface area contributed by atoms with Gasteiger partial charge in [0.05, 0.1) is 5.69 Å². The Morgan fingerprint density at radius 2 is 2.09 bits per heavy atom. The van der Waals surface area contributed by atoms with Crippen LogP contribution in [0.15, 0.2) is 24.3 Å². The minimum atomic E-state index is 0.0703. The molecule has 59 valence electrons. The van der Waals surface area contributed by atoms with Gasteiger partial charge in [-0.15, -0.1) is 0 Å². The average molecular weight is 150 g/mol. The number of hydrogen-bond donors (Lipinski definition) is 1. The van der Waals surface area contributed by atoms with E-state index in [9.17, 15) is 5.11 Å². The quantitative estimate of drug-likeness (QED) is 0.705. The summed E-state index contributed by atoms with van der Waals surface area (Å²) >= 11 is 0. The van der Waals surface area contributed by atoms with Crippen molar-refractivity contribution in [2.45, 2.75) is 13.3 Å². The van der Waals surface area contributed by atoms with Crippen molar-refractivity contribution in [2.75, 3.05) is 11.9 Å². The van der Waals surface area contributed by atoms with Crippen molar-refractivity contribution in [3.05, 3.63) is 24.3 Å². The van der Waals surface area contributed by atoms with Crippen molar-refractivity contribution in [2.24, 2.45) is 0 Å². The lowest BCUT2D eigenvalue weighted by atomic mass is 10.3. The average Bonchev–Trinajstić information content (AvgIpc) is 2.03. The maximum atomic E-state index is 11.1. The summed E-state index contributed by atoms with van der Waals surface area (Å²) in [6.45, 7) is 2.93. The van der Waals surface area contributed by atoms with Crippen LogP contribution in [0.4, 0.5) is 5.69 Å². The van der Waals surface area contributed by atoms with Gasteiger partial charge in [0.25, 0.3) is 0 Å². The van der Waals surface area contributed by atoms with Crippen LogP contribution in [0.25, 0.3) is 0 Å². The van der Waals surface area contributed by atoms with Crippen LogP contribution in [0.2, 0.25) is 0 Å². The summed E-state index contributed by atoms with van der Waals surface area (Å²) in [5.41, 5.74) is 0.703. The third kappa shape index (κ3) is 2.15. The molecule has 0 aliphatic rings. The lowest BCUT2D eigenvalue weighted by Crippen LogP contribution is -1.98. The van der Waals surface area contributed by atoms with E-state index < -0.39 is 0 Å². The Morgan fingerprint density at radius 3 is 2.73 bits per heavy atom. The minimum absolute atomic E-state index is 0.0703. The summed E-state index contributed by atoms with van der Waals surface area (Å²) < 4.78 is 0. The molecule has 2 nitrogen and oxygen atoms in total. The van der Waals surface area contributed by atoms with E-state index in [1.807, 2.05) is 6.07 Å². The number of hydrogen-bond acceptors (Lipinski definition) is 1. The van der Waals surface area contributed by atoms with Crippen LogP contribution >= 0.6 is 0 Å². The fraction of sp³-hybridized carbons (Fsp3) is 0.333. The van der Waals surface area contributed by atoms with E-state index in [0.29, 0.717) is 5.69 Å². The number of anilines is 1. The Balaban J connectivity index is 2.62. The highest BCUT2D eigenvalue weighted by atomic mass is 16.3. The molecule has 0 aliphatic heterocycles. The maximum Gasteiger partial charge on any atom is 0.201 e. The van der Waals surface area contributed by atoms with Crippen molar-refractivity contribution in [1.29, 1.82) is 0 Å². The SMILES string of the molecule is CCCNc1ccccc1[O]. The van der Waals surface area contributed by atoms with E-state index in [2.05, 4.69) is 12.2 Å². The first-order valence-electron chi connectivity index (χ1n) is 3.84. The summed E-state index contributed by atoms with van der Waals surface area (Å²) in [4.78, 5) is 0. The molecule has 0 amide bonds.